The van der Waals surface area contributed by atoms with Gasteiger partial charge in [0.15, 0.2) is 5.13 Å². The van der Waals surface area contributed by atoms with Crippen molar-refractivity contribution in [2.24, 2.45) is 5.92 Å². The van der Waals surface area contributed by atoms with Gasteiger partial charge < -0.3 is 10.2 Å². The van der Waals surface area contributed by atoms with Gasteiger partial charge in [0.25, 0.3) is 0 Å². The Hall–Kier alpha value is -1.29. The Balaban J connectivity index is 2.00. The van der Waals surface area contributed by atoms with E-state index in [2.05, 4.69) is 43.1 Å². The molecule has 108 valence electrons. The maximum Gasteiger partial charge on any atom is 0.183 e. The fraction of sp³-hybridized carbons (Fsp3) is 0.562. The Bertz CT molecular complexity index is 603. The van der Waals surface area contributed by atoms with Crippen LogP contribution in [0.1, 0.15) is 32.8 Å². The van der Waals surface area contributed by atoms with E-state index in [1.807, 2.05) is 0 Å². The molecule has 4 heteroatoms. The van der Waals surface area contributed by atoms with E-state index < -0.39 is 0 Å². The summed E-state index contributed by atoms with van der Waals surface area (Å²) in [4.78, 5) is 7.24. The molecule has 0 radical (unpaired) electrons. The lowest BCUT2D eigenvalue weighted by Gasteiger charge is -2.32. The molecule has 1 aromatic heterocycles. The molecule has 1 N–H and O–H groups in total. The second-order valence-corrected chi connectivity index (χ2v) is 6.97. The summed E-state index contributed by atoms with van der Waals surface area (Å²) in [7, 11) is 0. The highest BCUT2D eigenvalue weighted by Gasteiger charge is 2.19. The first kappa shape index (κ1) is 13.7. The first-order chi connectivity index (χ1) is 9.67. The smallest absolute Gasteiger partial charge is 0.183 e. The highest BCUT2D eigenvalue weighted by Crippen LogP contribution is 2.35. The molecule has 1 aliphatic heterocycles. The number of nitrogens with one attached hydrogen (secondary N) is 1. The van der Waals surface area contributed by atoms with E-state index in [4.69, 9.17) is 4.98 Å². The third kappa shape index (κ3) is 2.62. The molecule has 3 nitrogen and oxygen atoms in total. The molecule has 2 heterocycles. The zero-order chi connectivity index (χ0) is 14.1. The lowest BCUT2D eigenvalue weighted by atomic mass is 10.0. The van der Waals surface area contributed by atoms with Gasteiger partial charge in [-0.25, -0.2) is 4.98 Å². The molecule has 0 aliphatic carbocycles. The van der Waals surface area contributed by atoms with Crippen LogP contribution in [0.3, 0.4) is 0 Å². The Kier molecular flexibility index (Phi) is 3.83. The highest BCUT2D eigenvalue weighted by atomic mass is 32.1. The van der Waals surface area contributed by atoms with Gasteiger partial charge in [-0.1, -0.05) is 25.2 Å². The minimum absolute atomic E-state index is 0.699. The van der Waals surface area contributed by atoms with Gasteiger partial charge in [0.05, 0.1) is 10.2 Å². The fourth-order valence-corrected chi connectivity index (χ4v) is 3.92. The molecule has 0 atom stereocenters. The van der Waals surface area contributed by atoms with E-state index in [-0.39, 0.29) is 0 Å². The first-order valence-corrected chi connectivity index (χ1v) is 8.41. The monoisotopic (exact) mass is 289 g/mol. The molecule has 20 heavy (non-hydrogen) atoms. The van der Waals surface area contributed by atoms with Crippen LogP contribution in [0.5, 0.6) is 0 Å². The highest BCUT2D eigenvalue weighted by molar-refractivity contribution is 7.22. The van der Waals surface area contributed by atoms with Crippen molar-refractivity contribution in [3.63, 3.8) is 0 Å². The van der Waals surface area contributed by atoms with Gasteiger partial charge in [0, 0.05) is 25.3 Å². The van der Waals surface area contributed by atoms with E-state index in [0.717, 1.165) is 23.7 Å². The zero-order valence-electron chi connectivity index (χ0n) is 12.6. The molecule has 0 saturated heterocycles. The van der Waals surface area contributed by atoms with Crippen molar-refractivity contribution in [2.75, 3.05) is 29.9 Å². The van der Waals surface area contributed by atoms with Gasteiger partial charge >= 0.3 is 0 Å². The van der Waals surface area contributed by atoms with Crippen molar-refractivity contribution >= 4 is 32.4 Å². The van der Waals surface area contributed by atoms with Gasteiger partial charge in [0.2, 0.25) is 0 Å². The molecule has 0 unspecified atom stereocenters. The molecule has 3 rings (SSSR count). The van der Waals surface area contributed by atoms with Crippen molar-refractivity contribution in [3.05, 3.63) is 17.7 Å². The Morgan fingerprint density at radius 2 is 2.25 bits per heavy atom. The average Bonchev–Trinajstić information content (AvgIpc) is 2.78. The van der Waals surface area contributed by atoms with Crippen LogP contribution in [0.25, 0.3) is 10.2 Å². The van der Waals surface area contributed by atoms with E-state index >= 15 is 0 Å². The second kappa shape index (κ2) is 5.60. The molecule has 0 bridgehead atoms. The Morgan fingerprint density at radius 3 is 3.00 bits per heavy atom. The number of nitrogens with zero attached hydrogens (tertiary/aromatic N) is 2. The van der Waals surface area contributed by atoms with Crippen molar-refractivity contribution in [2.45, 2.75) is 33.6 Å². The summed E-state index contributed by atoms with van der Waals surface area (Å²) in [5, 5.41) is 4.37. The van der Waals surface area contributed by atoms with Gasteiger partial charge in [-0.2, -0.15) is 0 Å². The summed E-state index contributed by atoms with van der Waals surface area (Å²) in [6.45, 7) is 9.95. The van der Waals surface area contributed by atoms with Crippen molar-refractivity contribution in [1.82, 2.24) is 4.98 Å². The number of hydrogen-bond acceptors (Lipinski definition) is 4. The molecule has 0 spiro atoms. The predicted octanol–water partition coefficient (Wildman–Crippen LogP) is 4.14. The molecule has 0 fully saturated rings. The minimum Gasteiger partial charge on any atom is -0.371 e. The minimum atomic E-state index is 0.699. The fourth-order valence-electron chi connectivity index (χ4n) is 2.94. The van der Waals surface area contributed by atoms with Crippen LogP contribution < -0.4 is 10.2 Å². The number of fused-ring (bicyclic) bond motifs is 2. The number of thiazole rings is 1. The summed E-state index contributed by atoms with van der Waals surface area (Å²) in [5.74, 6) is 0.699. The first-order valence-electron chi connectivity index (χ1n) is 7.59. The number of benzene rings is 1. The second-order valence-electron chi connectivity index (χ2n) is 5.94. The van der Waals surface area contributed by atoms with Gasteiger partial charge in [-0.15, -0.1) is 0 Å². The summed E-state index contributed by atoms with van der Waals surface area (Å²) >= 11 is 1.77. The van der Waals surface area contributed by atoms with Crippen molar-refractivity contribution in [1.29, 1.82) is 0 Å². The van der Waals surface area contributed by atoms with Crippen LogP contribution in [0.15, 0.2) is 12.1 Å². The molecule has 1 aliphatic rings. The van der Waals surface area contributed by atoms with Crippen LogP contribution in [-0.2, 0) is 6.42 Å². The standard InChI is InChI=1S/C16H23N3S/c1-4-17-16-18-13-9-14-12(8-15(13)20-16)6-5-7-19(14)10-11(2)3/h8-9,11H,4-7,10H2,1-3H3,(H,17,18). The van der Waals surface area contributed by atoms with Crippen LogP contribution in [0, 0.1) is 5.92 Å². The van der Waals surface area contributed by atoms with E-state index in [1.54, 1.807) is 11.3 Å². The van der Waals surface area contributed by atoms with E-state index in [0.29, 0.717) is 5.92 Å². The van der Waals surface area contributed by atoms with Gasteiger partial charge in [0.1, 0.15) is 0 Å². The number of aromatic nitrogens is 1. The summed E-state index contributed by atoms with van der Waals surface area (Å²) in [6.07, 6.45) is 2.47. The van der Waals surface area contributed by atoms with Crippen molar-refractivity contribution < 1.29 is 0 Å². The van der Waals surface area contributed by atoms with E-state index in [9.17, 15) is 0 Å². The third-order valence-corrected chi connectivity index (χ3v) is 4.69. The molecule has 0 amide bonds. The van der Waals surface area contributed by atoms with Gasteiger partial charge in [-0.3, -0.25) is 0 Å². The average molecular weight is 289 g/mol. The molecule has 0 saturated carbocycles. The zero-order valence-corrected chi connectivity index (χ0v) is 13.4. The Morgan fingerprint density at radius 1 is 1.40 bits per heavy atom. The summed E-state index contributed by atoms with van der Waals surface area (Å²) in [6, 6.07) is 4.65. The number of hydrogen-bond donors (Lipinski definition) is 1. The number of anilines is 2. The molecular formula is C16H23N3S. The maximum absolute atomic E-state index is 4.70. The third-order valence-electron chi connectivity index (χ3n) is 3.72. The van der Waals surface area contributed by atoms with Gasteiger partial charge in [-0.05, 0) is 43.4 Å². The van der Waals surface area contributed by atoms with Crippen LogP contribution >= 0.6 is 11.3 Å². The van der Waals surface area contributed by atoms with Crippen molar-refractivity contribution in [3.8, 4) is 0 Å². The normalized spacial score (nSPS) is 14.9. The summed E-state index contributed by atoms with van der Waals surface area (Å²) in [5.41, 5.74) is 4.04. The predicted molar refractivity (Wildman–Crippen MR) is 89.2 cm³/mol. The largest absolute Gasteiger partial charge is 0.371 e. The quantitative estimate of drug-likeness (QED) is 0.917. The SMILES string of the molecule is CCNc1nc2cc3c(cc2s1)CCCN3CC(C)C. The molecular weight excluding hydrogens is 266 g/mol. The summed E-state index contributed by atoms with van der Waals surface area (Å²) < 4.78 is 1.31. The van der Waals surface area contributed by atoms with E-state index in [1.165, 1.54) is 35.3 Å². The lowest BCUT2D eigenvalue weighted by Crippen LogP contribution is -2.32. The van der Waals surface area contributed by atoms with Crippen LogP contribution in [0.2, 0.25) is 0 Å². The lowest BCUT2D eigenvalue weighted by molar-refractivity contribution is 0.585. The van der Waals surface area contributed by atoms with Crippen LogP contribution in [-0.4, -0.2) is 24.6 Å². The molecule has 1 aromatic carbocycles. The number of aryl methyl sites for hydroxylation is 1. The van der Waals surface area contributed by atoms with Crippen LogP contribution in [0.4, 0.5) is 10.8 Å². The maximum atomic E-state index is 4.70. The number of rotatable bonds is 4. The Labute approximate surface area is 125 Å². The topological polar surface area (TPSA) is 28.2 Å². The molecule has 2 aromatic rings.